The minimum absolute atomic E-state index is 0.0629. The molecule has 5 heteroatoms. The van der Waals surface area contributed by atoms with Gasteiger partial charge in [0.2, 0.25) is 10.0 Å². The lowest BCUT2D eigenvalue weighted by Gasteiger charge is -2.12. The maximum Gasteiger partial charge on any atom is 0.240 e. The van der Waals surface area contributed by atoms with Gasteiger partial charge < -0.3 is 4.74 Å². The molecule has 0 spiro atoms. The van der Waals surface area contributed by atoms with Crippen LogP contribution in [0.2, 0.25) is 0 Å². The molecule has 0 saturated heterocycles. The molecule has 0 aromatic heterocycles. The average Bonchev–Trinajstić information content (AvgIpc) is 2.28. The van der Waals surface area contributed by atoms with Gasteiger partial charge in [0.15, 0.2) is 0 Å². The lowest BCUT2D eigenvalue weighted by atomic mass is 10.3. The van der Waals surface area contributed by atoms with Crippen molar-refractivity contribution in [1.29, 1.82) is 0 Å². The number of nitrogens with one attached hydrogen (secondary N) is 1. The van der Waals surface area contributed by atoms with E-state index in [0.717, 1.165) is 6.42 Å². The van der Waals surface area contributed by atoms with E-state index in [2.05, 4.69) is 4.72 Å². The van der Waals surface area contributed by atoms with Crippen LogP contribution < -0.4 is 9.46 Å². The standard InChI is InChI=1S/C11H17NO3S/c1-4-9(2)12-16(13,14)11-7-5-10(15-3)6-8-11/h5-9,12H,4H2,1-3H3/t9-/m0/s1. The van der Waals surface area contributed by atoms with Crippen molar-refractivity contribution in [2.75, 3.05) is 7.11 Å². The molecule has 0 radical (unpaired) electrons. The van der Waals surface area contributed by atoms with Crippen molar-refractivity contribution in [1.82, 2.24) is 4.72 Å². The van der Waals surface area contributed by atoms with Gasteiger partial charge in [-0.1, -0.05) is 6.92 Å². The van der Waals surface area contributed by atoms with Gasteiger partial charge in [-0.25, -0.2) is 13.1 Å². The first-order valence-electron chi connectivity index (χ1n) is 5.16. The summed E-state index contributed by atoms with van der Waals surface area (Å²) in [6, 6.07) is 6.26. The summed E-state index contributed by atoms with van der Waals surface area (Å²) in [5, 5.41) is 0. The molecule has 0 aliphatic carbocycles. The molecule has 16 heavy (non-hydrogen) atoms. The molecule has 0 amide bonds. The van der Waals surface area contributed by atoms with E-state index < -0.39 is 10.0 Å². The number of hydrogen-bond donors (Lipinski definition) is 1. The summed E-state index contributed by atoms with van der Waals surface area (Å²) in [7, 11) is -1.86. The van der Waals surface area contributed by atoms with Crippen LogP contribution in [-0.2, 0) is 10.0 Å². The van der Waals surface area contributed by atoms with Gasteiger partial charge in [0.1, 0.15) is 5.75 Å². The van der Waals surface area contributed by atoms with Crippen LogP contribution in [0, 0.1) is 0 Å². The van der Waals surface area contributed by atoms with Gasteiger partial charge in [-0.15, -0.1) is 0 Å². The van der Waals surface area contributed by atoms with Crippen molar-refractivity contribution in [3.8, 4) is 5.75 Å². The summed E-state index contributed by atoms with van der Waals surface area (Å²) in [5.74, 6) is 0.641. The van der Waals surface area contributed by atoms with Crippen LogP contribution in [0.5, 0.6) is 5.75 Å². The molecular weight excluding hydrogens is 226 g/mol. The van der Waals surface area contributed by atoms with Crippen molar-refractivity contribution in [2.45, 2.75) is 31.2 Å². The second-order valence-corrected chi connectivity index (χ2v) is 5.32. The van der Waals surface area contributed by atoms with Crippen molar-refractivity contribution in [3.05, 3.63) is 24.3 Å². The van der Waals surface area contributed by atoms with E-state index in [0.29, 0.717) is 5.75 Å². The number of sulfonamides is 1. The fraction of sp³-hybridized carbons (Fsp3) is 0.455. The third-order valence-electron chi connectivity index (χ3n) is 2.34. The van der Waals surface area contributed by atoms with E-state index in [4.69, 9.17) is 4.74 Å². The van der Waals surface area contributed by atoms with Gasteiger partial charge in [-0.3, -0.25) is 0 Å². The smallest absolute Gasteiger partial charge is 0.240 e. The lowest BCUT2D eigenvalue weighted by molar-refractivity contribution is 0.414. The van der Waals surface area contributed by atoms with E-state index in [1.807, 2.05) is 13.8 Å². The molecule has 1 rings (SSSR count). The minimum Gasteiger partial charge on any atom is -0.497 e. The fourth-order valence-corrected chi connectivity index (χ4v) is 2.50. The summed E-state index contributed by atoms with van der Waals surface area (Å²) >= 11 is 0. The minimum atomic E-state index is -3.40. The largest absolute Gasteiger partial charge is 0.497 e. The van der Waals surface area contributed by atoms with Crippen molar-refractivity contribution >= 4 is 10.0 Å². The number of methoxy groups -OCH3 is 1. The SMILES string of the molecule is CC[C@H](C)NS(=O)(=O)c1ccc(OC)cc1. The Morgan fingerprint density at radius 2 is 1.88 bits per heavy atom. The third-order valence-corrected chi connectivity index (χ3v) is 3.94. The van der Waals surface area contributed by atoms with Crippen LogP contribution in [0.25, 0.3) is 0 Å². The van der Waals surface area contributed by atoms with Crippen LogP contribution in [0.15, 0.2) is 29.2 Å². The average molecular weight is 243 g/mol. The van der Waals surface area contributed by atoms with Crippen LogP contribution >= 0.6 is 0 Å². The highest BCUT2D eigenvalue weighted by Gasteiger charge is 2.15. The molecule has 0 fully saturated rings. The Balaban J connectivity index is 2.90. The van der Waals surface area contributed by atoms with Crippen LogP contribution in [0.3, 0.4) is 0 Å². The summed E-state index contributed by atoms with van der Waals surface area (Å²) in [4.78, 5) is 0.258. The van der Waals surface area contributed by atoms with E-state index in [-0.39, 0.29) is 10.9 Å². The topological polar surface area (TPSA) is 55.4 Å². The molecule has 0 bridgehead atoms. The monoisotopic (exact) mass is 243 g/mol. The second kappa shape index (κ2) is 5.32. The zero-order chi connectivity index (χ0) is 12.2. The first-order valence-corrected chi connectivity index (χ1v) is 6.64. The molecule has 1 N–H and O–H groups in total. The first-order chi connectivity index (χ1) is 7.49. The van der Waals surface area contributed by atoms with Gasteiger partial charge in [-0.2, -0.15) is 0 Å². The highest BCUT2D eigenvalue weighted by molar-refractivity contribution is 7.89. The van der Waals surface area contributed by atoms with E-state index in [9.17, 15) is 8.42 Å². The molecule has 0 saturated carbocycles. The van der Waals surface area contributed by atoms with Crippen molar-refractivity contribution in [2.24, 2.45) is 0 Å². The molecule has 0 aliphatic heterocycles. The molecule has 0 heterocycles. The number of rotatable bonds is 5. The number of hydrogen-bond acceptors (Lipinski definition) is 3. The Bertz CT molecular complexity index is 425. The third kappa shape index (κ3) is 3.21. The lowest BCUT2D eigenvalue weighted by Crippen LogP contribution is -2.31. The van der Waals surface area contributed by atoms with Crippen LogP contribution in [0.4, 0.5) is 0 Å². The maximum absolute atomic E-state index is 11.8. The Morgan fingerprint density at radius 1 is 1.31 bits per heavy atom. The highest BCUT2D eigenvalue weighted by atomic mass is 32.2. The fourth-order valence-electron chi connectivity index (χ4n) is 1.17. The summed E-state index contributed by atoms with van der Waals surface area (Å²) in [5.41, 5.74) is 0. The van der Waals surface area contributed by atoms with Gasteiger partial charge in [0, 0.05) is 6.04 Å². The molecular formula is C11H17NO3S. The highest BCUT2D eigenvalue weighted by Crippen LogP contribution is 2.15. The van der Waals surface area contributed by atoms with E-state index >= 15 is 0 Å². The Hall–Kier alpha value is -1.07. The Morgan fingerprint density at radius 3 is 2.31 bits per heavy atom. The first kappa shape index (κ1) is 13.0. The number of ether oxygens (including phenoxy) is 1. The van der Waals surface area contributed by atoms with Crippen LogP contribution in [0.1, 0.15) is 20.3 Å². The molecule has 1 atom stereocenters. The summed E-state index contributed by atoms with van der Waals surface area (Å²) in [6.45, 7) is 3.77. The molecule has 0 aliphatic rings. The quantitative estimate of drug-likeness (QED) is 0.857. The predicted octanol–water partition coefficient (Wildman–Crippen LogP) is 1.77. The van der Waals surface area contributed by atoms with E-state index in [1.165, 1.54) is 12.1 Å². The maximum atomic E-state index is 11.8. The number of benzene rings is 1. The molecule has 0 unspecified atom stereocenters. The Kier molecular flexibility index (Phi) is 4.32. The van der Waals surface area contributed by atoms with Crippen LogP contribution in [-0.4, -0.2) is 21.6 Å². The summed E-state index contributed by atoms with van der Waals surface area (Å²) < 4.78 is 31.3. The van der Waals surface area contributed by atoms with Gasteiger partial charge >= 0.3 is 0 Å². The molecule has 4 nitrogen and oxygen atoms in total. The second-order valence-electron chi connectivity index (χ2n) is 3.61. The molecule has 90 valence electrons. The van der Waals surface area contributed by atoms with Gasteiger partial charge in [0.25, 0.3) is 0 Å². The van der Waals surface area contributed by atoms with Gasteiger partial charge in [-0.05, 0) is 37.6 Å². The van der Waals surface area contributed by atoms with Gasteiger partial charge in [0.05, 0.1) is 12.0 Å². The summed E-state index contributed by atoms with van der Waals surface area (Å²) in [6.07, 6.45) is 0.759. The molecule has 1 aromatic carbocycles. The zero-order valence-electron chi connectivity index (χ0n) is 9.73. The van der Waals surface area contributed by atoms with E-state index in [1.54, 1.807) is 19.2 Å². The van der Waals surface area contributed by atoms with Crippen molar-refractivity contribution < 1.29 is 13.2 Å². The normalized spacial score (nSPS) is 13.4. The Labute approximate surface area is 96.7 Å². The predicted molar refractivity (Wildman–Crippen MR) is 63.1 cm³/mol. The molecule has 1 aromatic rings. The zero-order valence-corrected chi connectivity index (χ0v) is 10.5. The van der Waals surface area contributed by atoms with Crippen molar-refractivity contribution in [3.63, 3.8) is 0 Å².